The molecule has 0 aliphatic heterocycles. The van der Waals surface area contributed by atoms with Gasteiger partial charge in [-0.25, -0.2) is 9.97 Å². The number of benzene rings is 1. The number of fused-ring (bicyclic) bond motifs is 3. The molecule has 3 heterocycles. The Labute approximate surface area is 145 Å². The summed E-state index contributed by atoms with van der Waals surface area (Å²) < 4.78 is 5.97. The van der Waals surface area contributed by atoms with E-state index in [1.807, 2.05) is 49.5 Å². The second-order valence-corrected chi connectivity index (χ2v) is 5.33. The second-order valence-electron chi connectivity index (χ2n) is 5.33. The van der Waals surface area contributed by atoms with E-state index in [1.165, 1.54) is 0 Å². The molecule has 1 aromatic carbocycles. The van der Waals surface area contributed by atoms with Crippen molar-refractivity contribution in [2.45, 2.75) is 19.9 Å². The van der Waals surface area contributed by atoms with Crippen LogP contribution in [0.5, 0.6) is 0 Å². The van der Waals surface area contributed by atoms with Crippen molar-refractivity contribution >= 4 is 27.9 Å². The average Bonchev–Trinajstić information content (AvgIpc) is 2.99. The summed E-state index contributed by atoms with van der Waals surface area (Å²) in [5.41, 5.74) is 3.48. The number of rotatable bonds is 4. The minimum atomic E-state index is 0. The molecule has 6 heteroatoms. The Morgan fingerprint density at radius 1 is 1.08 bits per heavy atom. The van der Waals surface area contributed by atoms with Crippen molar-refractivity contribution in [2.24, 2.45) is 0 Å². The Morgan fingerprint density at radius 3 is 2.75 bits per heavy atom. The number of anilines is 1. The van der Waals surface area contributed by atoms with Gasteiger partial charge in [-0.3, -0.25) is 4.98 Å². The van der Waals surface area contributed by atoms with E-state index >= 15 is 0 Å². The Bertz CT molecular complexity index is 969. The standard InChI is InChI=1S/C18H16N4O.ClH/c1-2-15-21-16-13-7-3-4-8-14(13)23-17(16)18(22-15)20-11-12-6-5-9-19-10-12;/h3-10H,2,11H2,1H3,(H,20,21,22);1H/p-1. The van der Waals surface area contributed by atoms with Gasteiger partial charge >= 0.3 is 0 Å². The third kappa shape index (κ3) is 2.90. The number of nitrogens with zero attached hydrogens (tertiary/aromatic N) is 3. The van der Waals surface area contributed by atoms with Gasteiger partial charge in [0.25, 0.3) is 0 Å². The number of nitrogens with one attached hydrogen (secondary N) is 1. The Balaban J connectivity index is 0.00000169. The highest BCUT2D eigenvalue weighted by Gasteiger charge is 2.14. The van der Waals surface area contributed by atoms with Crippen molar-refractivity contribution in [3.05, 3.63) is 60.2 Å². The van der Waals surface area contributed by atoms with Crippen molar-refractivity contribution in [2.75, 3.05) is 5.32 Å². The Kier molecular flexibility index (Phi) is 4.62. The molecule has 0 saturated heterocycles. The summed E-state index contributed by atoms with van der Waals surface area (Å²) in [5, 5.41) is 4.37. The molecular formula is C18H16ClN4O-. The molecular weight excluding hydrogens is 324 g/mol. The van der Waals surface area contributed by atoms with Crippen molar-refractivity contribution < 1.29 is 16.8 Å². The molecule has 0 fully saturated rings. The summed E-state index contributed by atoms with van der Waals surface area (Å²) >= 11 is 0. The lowest BCUT2D eigenvalue weighted by Gasteiger charge is -2.07. The van der Waals surface area contributed by atoms with Crippen LogP contribution in [0.4, 0.5) is 5.82 Å². The molecule has 0 atom stereocenters. The maximum absolute atomic E-state index is 5.97. The van der Waals surface area contributed by atoms with E-state index in [1.54, 1.807) is 6.20 Å². The Hall–Kier alpha value is -2.66. The summed E-state index contributed by atoms with van der Waals surface area (Å²) in [6.45, 7) is 2.69. The largest absolute Gasteiger partial charge is 1.00 e. The van der Waals surface area contributed by atoms with E-state index in [-0.39, 0.29) is 12.4 Å². The maximum Gasteiger partial charge on any atom is 0.196 e. The molecule has 0 unspecified atom stereocenters. The van der Waals surface area contributed by atoms with E-state index in [0.717, 1.165) is 40.1 Å². The van der Waals surface area contributed by atoms with E-state index in [4.69, 9.17) is 4.42 Å². The van der Waals surface area contributed by atoms with Crippen LogP contribution in [-0.4, -0.2) is 15.0 Å². The zero-order chi connectivity index (χ0) is 15.6. The van der Waals surface area contributed by atoms with Crippen LogP contribution in [-0.2, 0) is 13.0 Å². The summed E-state index contributed by atoms with van der Waals surface area (Å²) in [4.78, 5) is 13.4. The fourth-order valence-corrected chi connectivity index (χ4v) is 2.60. The molecule has 24 heavy (non-hydrogen) atoms. The maximum atomic E-state index is 5.97. The molecule has 122 valence electrons. The molecule has 0 aliphatic rings. The molecule has 0 amide bonds. The highest BCUT2D eigenvalue weighted by atomic mass is 35.5. The third-order valence-electron chi connectivity index (χ3n) is 3.77. The first-order valence-corrected chi connectivity index (χ1v) is 7.66. The molecule has 1 N–H and O–H groups in total. The van der Waals surface area contributed by atoms with E-state index in [9.17, 15) is 0 Å². The summed E-state index contributed by atoms with van der Waals surface area (Å²) in [6.07, 6.45) is 4.38. The van der Waals surface area contributed by atoms with Crippen LogP contribution >= 0.6 is 0 Å². The van der Waals surface area contributed by atoms with Crippen molar-refractivity contribution in [3.8, 4) is 0 Å². The van der Waals surface area contributed by atoms with Gasteiger partial charge in [-0.2, -0.15) is 0 Å². The van der Waals surface area contributed by atoms with Gasteiger partial charge in [-0.05, 0) is 23.8 Å². The van der Waals surface area contributed by atoms with Crippen LogP contribution < -0.4 is 17.7 Å². The predicted octanol–water partition coefficient (Wildman–Crippen LogP) is 0.949. The van der Waals surface area contributed by atoms with Crippen LogP contribution in [0.1, 0.15) is 18.3 Å². The molecule has 0 spiro atoms. The molecule has 0 aliphatic carbocycles. The van der Waals surface area contributed by atoms with Gasteiger partial charge in [-0.15, -0.1) is 0 Å². The smallest absolute Gasteiger partial charge is 0.196 e. The second kappa shape index (κ2) is 6.84. The average molecular weight is 340 g/mol. The number of hydrogen-bond acceptors (Lipinski definition) is 5. The minimum absolute atomic E-state index is 0. The van der Waals surface area contributed by atoms with Crippen LogP contribution in [0.2, 0.25) is 0 Å². The van der Waals surface area contributed by atoms with Crippen molar-refractivity contribution in [1.82, 2.24) is 15.0 Å². The molecule has 3 aromatic heterocycles. The number of hydrogen-bond donors (Lipinski definition) is 1. The molecule has 0 bridgehead atoms. The first-order chi connectivity index (χ1) is 11.3. The molecule has 4 rings (SSSR count). The van der Waals surface area contributed by atoms with Crippen molar-refractivity contribution in [1.29, 1.82) is 0 Å². The molecule has 4 aromatic rings. The number of aryl methyl sites for hydroxylation is 1. The topological polar surface area (TPSA) is 63.8 Å². The number of halogens is 1. The molecule has 0 saturated carbocycles. The van der Waals surface area contributed by atoms with Crippen molar-refractivity contribution in [3.63, 3.8) is 0 Å². The van der Waals surface area contributed by atoms with Crippen LogP contribution in [0.3, 0.4) is 0 Å². The fraction of sp³-hybridized carbons (Fsp3) is 0.167. The van der Waals surface area contributed by atoms with Gasteiger partial charge in [0.15, 0.2) is 11.4 Å². The SMILES string of the molecule is CCc1nc(NCc2cccnc2)c2oc3ccccc3c2n1.[Cl-]. The predicted molar refractivity (Wildman–Crippen MR) is 90.3 cm³/mol. The van der Waals surface area contributed by atoms with Gasteiger partial charge in [0.1, 0.15) is 16.9 Å². The first-order valence-electron chi connectivity index (χ1n) is 7.66. The highest BCUT2D eigenvalue weighted by molar-refractivity contribution is 6.05. The monoisotopic (exact) mass is 339 g/mol. The highest BCUT2D eigenvalue weighted by Crippen LogP contribution is 2.31. The number of pyridine rings is 1. The first kappa shape index (κ1) is 16.2. The zero-order valence-corrected chi connectivity index (χ0v) is 13.9. The lowest BCUT2D eigenvalue weighted by molar-refractivity contribution is -0.00000525. The molecule has 5 nitrogen and oxygen atoms in total. The van der Waals surface area contributed by atoms with E-state index in [2.05, 4.69) is 20.3 Å². The van der Waals surface area contributed by atoms with Crippen LogP contribution in [0.15, 0.2) is 53.2 Å². The summed E-state index contributed by atoms with van der Waals surface area (Å²) in [7, 11) is 0. The Morgan fingerprint density at radius 2 is 1.96 bits per heavy atom. The van der Waals surface area contributed by atoms with Gasteiger partial charge in [0, 0.05) is 30.7 Å². The summed E-state index contributed by atoms with van der Waals surface area (Å²) in [6, 6.07) is 11.9. The fourth-order valence-electron chi connectivity index (χ4n) is 2.60. The lowest BCUT2D eigenvalue weighted by atomic mass is 10.2. The normalized spacial score (nSPS) is 10.7. The minimum Gasteiger partial charge on any atom is -1.00 e. The van der Waals surface area contributed by atoms with Gasteiger partial charge in [0.05, 0.1) is 0 Å². The van der Waals surface area contributed by atoms with Gasteiger partial charge in [0.2, 0.25) is 0 Å². The molecule has 0 radical (unpaired) electrons. The lowest BCUT2D eigenvalue weighted by Crippen LogP contribution is -3.00. The quantitative estimate of drug-likeness (QED) is 0.600. The van der Waals surface area contributed by atoms with E-state index in [0.29, 0.717) is 12.1 Å². The number of para-hydroxylation sites is 1. The third-order valence-corrected chi connectivity index (χ3v) is 3.77. The van der Waals surface area contributed by atoms with E-state index < -0.39 is 0 Å². The van der Waals surface area contributed by atoms with Gasteiger partial charge in [-0.1, -0.05) is 25.1 Å². The summed E-state index contributed by atoms with van der Waals surface area (Å²) in [5.74, 6) is 1.53. The zero-order valence-electron chi connectivity index (χ0n) is 13.2. The van der Waals surface area contributed by atoms with Crippen LogP contribution in [0.25, 0.3) is 22.1 Å². The number of furan rings is 1. The number of aromatic nitrogens is 3. The van der Waals surface area contributed by atoms with Gasteiger partial charge < -0.3 is 22.1 Å². The van der Waals surface area contributed by atoms with Crippen LogP contribution in [0, 0.1) is 0 Å².